The first kappa shape index (κ1) is 20.5. The van der Waals surface area contributed by atoms with Gasteiger partial charge >= 0.3 is 12.1 Å². The maximum absolute atomic E-state index is 13.0. The Balaban J connectivity index is 2.30. The molecule has 1 aliphatic rings. The second-order valence-corrected chi connectivity index (χ2v) is 7.61. The number of alkyl halides is 3. The second kappa shape index (κ2) is 7.05. The Morgan fingerprint density at radius 3 is 2.54 bits per heavy atom. The van der Waals surface area contributed by atoms with Crippen molar-refractivity contribution in [2.75, 3.05) is 12.4 Å². The van der Waals surface area contributed by atoms with Gasteiger partial charge in [-0.3, -0.25) is 9.59 Å². The molecule has 1 fully saturated rings. The number of nitrogens with one attached hydrogen (secondary N) is 1. The summed E-state index contributed by atoms with van der Waals surface area (Å²) in [5.74, 6) is -2.23. The Kier molecular flexibility index (Phi) is 5.55. The van der Waals surface area contributed by atoms with Gasteiger partial charge in [0.25, 0.3) is 0 Å². The lowest BCUT2D eigenvalue weighted by atomic mass is 9.84. The number of likely N-dealkylation sites (tertiary alicyclic amines) is 1. The standard InChI is InChI=1S/C16H19BrF3N3O3/c1-8-15(2,3)7-10(23(8)14(25)16(18,19)20)13(24)22-12-6-9(26-4)5-11(17)21-12/h5-6,8,10H,7H2,1-4H3,(H,21,22,24)/t8-,10?/m1/s1. The Hall–Kier alpha value is -1.84. The predicted molar refractivity (Wildman–Crippen MR) is 91.7 cm³/mol. The third-order valence-corrected chi connectivity index (χ3v) is 5.04. The molecular formula is C16H19BrF3N3O3. The molecule has 1 aliphatic heterocycles. The number of aromatic nitrogens is 1. The second-order valence-electron chi connectivity index (χ2n) is 6.80. The van der Waals surface area contributed by atoms with Gasteiger partial charge in [0.2, 0.25) is 5.91 Å². The smallest absolute Gasteiger partial charge is 0.471 e. The fourth-order valence-electron chi connectivity index (χ4n) is 2.96. The van der Waals surface area contributed by atoms with E-state index in [1.54, 1.807) is 19.9 Å². The lowest BCUT2D eigenvalue weighted by molar-refractivity contribution is -0.189. The quantitative estimate of drug-likeness (QED) is 0.735. The number of hydrogen-bond acceptors (Lipinski definition) is 4. The van der Waals surface area contributed by atoms with Crippen LogP contribution in [0, 0.1) is 5.41 Å². The summed E-state index contributed by atoms with van der Waals surface area (Å²) in [6.07, 6.45) is -4.95. The minimum Gasteiger partial charge on any atom is -0.497 e. The molecule has 6 nitrogen and oxygen atoms in total. The van der Waals surface area contributed by atoms with Crippen molar-refractivity contribution in [1.29, 1.82) is 0 Å². The van der Waals surface area contributed by atoms with Crippen molar-refractivity contribution in [1.82, 2.24) is 9.88 Å². The van der Waals surface area contributed by atoms with Gasteiger partial charge in [0.15, 0.2) is 0 Å². The summed E-state index contributed by atoms with van der Waals surface area (Å²) < 4.78 is 44.4. The van der Waals surface area contributed by atoms with Crippen LogP contribution in [0.4, 0.5) is 19.0 Å². The highest BCUT2D eigenvalue weighted by Gasteiger charge is 2.55. The third kappa shape index (κ3) is 4.11. The summed E-state index contributed by atoms with van der Waals surface area (Å²) in [5.41, 5.74) is -0.648. The van der Waals surface area contributed by atoms with Crippen molar-refractivity contribution in [3.63, 3.8) is 0 Å². The molecule has 2 atom stereocenters. The predicted octanol–water partition coefficient (Wildman–Crippen LogP) is 3.37. The molecule has 2 heterocycles. The van der Waals surface area contributed by atoms with Crippen LogP contribution in [-0.2, 0) is 9.59 Å². The monoisotopic (exact) mass is 437 g/mol. The molecule has 1 unspecified atom stereocenters. The van der Waals surface area contributed by atoms with E-state index >= 15 is 0 Å². The fourth-order valence-corrected chi connectivity index (χ4v) is 3.38. The van der Waals surface area contributed by atoms with E-state index in [1.807, 2.05) is 0 Å². The molecule has 0 radical (unpaired) electrons. The van der Waals surface area contributed by atoms with E-state index in [0.29, 0.717) is 15.3 Å². The molecule has 0 saturated carbocycles. The number of anilines is 1. The molecule has 2 amide bonds. The molecule has 1 N–H and O–H groups in total. The van der Waals surface area contributed by atoms with Crippen LogP contribution in [0.3, 0.4) is 0 Å². The van der Waals surface area contributed by atoms with Crippen LogP contribution in [0.15, 0.2) is 16.7 Å². The van der Waals surface area contributed by atoms with Crippen LogP contribution in [-0.4, -0.2) is 47.1 Å². The minimum atomic E-state index is -5.05. The topological polar surface area (TPSA) is 71.5 Å². The highest BCUT2D eigenvalue weighted by Crippen LogP contribution is 2.42. The number of rotatable bonds is 3. The average molecular weight is 438 g/mol. The third-order valence-electron chi connectivity index (χ3n) is 4.64. The van der Waals surface area contributed by atoms with Gasteiger partial charge in [0.05, 0.1) is 7.11 Å². The SMILES string of the molecule is COc1cc(Br)nc(NC(=O)C2CC(C)(C)[C@@H](C)N2C(=O)C(F)(F)F)c1. The van der Waals surface area contributed by atoms with Crippen LogP contribution >= 0.6 is 15.9 Å². The summed E-state index contributed by atoms with van der Waals surface area (Å²) in [7, 11) is 1.43. The van der Waals surface area contributed by atoms with E-state index in [2.05, 4.69) is 26.2 Å². The number of carbonyl (C=O) groups is 2. The molecule has 0 aliphatic carbocycles. The van der Waals surface area contributed by atoms with Crippen molar-refractivity contribution in [2.45, 2.75) is 45.5 Å². The van der Waals surface area contributed by atoms with Gasteiger partial charge in [-0.1, -0.05) is 13.8 Å². The van der Waals surface area contributed by atoms with Gasteiger partial charge in [-0.05, 0) is 34.7 Å². The van der Waals surface area contributed by atoms with Gasteiger partial charge < -0.3 is 15.0 Å². The van der Waals surface area contributed by atoms with Crippen LogP contribution in [0.5, 0.6) is 5.75 Å². The zero-order chi connectivity index (χ0) is 19.9. The number of hydrogen-bond donors (Lipinski definition) is 1. The molecule has 2 rings (SSSR count). The lowest BCUT2D eigenvalue weighted by Crippen LogP contribution is -2.51. The number of amides is 2. The van der Waals surface area contributed by atoms with Crippen LogP contribution < -0.4 is 10.1 Å². The van der Waals surface area contributed by atoms with E-state index in [9.17, 15) is 22.8 Å². The maximum atomic E-state index is 13.0. The molecule has 0 spiro atoms. The van der Waals surface area contributed by atoms with Crippen LogP contribution in [0.25, 0.3) is 0 Å². The molecular weight excluding hydrogens is 419 g/mol. The van der Waals surface area contributed by atoms with Gasteiger partial charge in [-0.15, -0.1) is 0 Å². The molecule has 144 valence electrons. The first-order valence-corrected chi connectivity index (χ1v) is 8.58. The molecule has 0 bridgehead atoms. The maximum Gasteiger partial charge on any atom is 0.471 e. The summed E-state index contributed by atoms with van der Waals surface area (Å²) in [5, 5.41) is 2.47. The summed E-state index contributed by atoms with van der Waals surface area (Å²) >= 11 is 3.16. The fraction of sp³-hybridized carbons (Fsp3) is 0.562. The first-order chi connectivity index (χ1) is 11.9. The Bertz CT molecular complexity index is 724. The van der Waals surface area contributed by atoms with Crippen molar-refractivity contribution in [3.8, 4) is 5.75 Å². The zero-order valence-corrected chi connectivity index (χ0v) is 16.2. The van der Waals surface area contributed by atoms with Crippen LogP contribution in [0.2, 0.25) is 0 Å². The van der Waals surface area contributed by atoms with Gasteiger partial charge in [-0.25, -0.2) is 4.98 Å². The zero-order valence-electron chi connectivity index (χ0n) is 14.6. The Morgan fingerprint density at radius 1 is 1.38 bits per heavy atom. The van der Waals surface area contributed by atoms with E-state index in [4.69, 9.17) is 4.74 Å². The van der Waals surface area contributed by atoms with E-state index in [-0.39, 0.29) is 12.2 Å². The highest BCUT2D eigenvalue weighted by molar-refractivity contribution is 9.10. The molecule has 1 aromatic heterocycles. The Morgan fingerprint density at radius 2 is 2.00 bits per heavy atom. The summed E-state index contributed by atoms with van der Waals surface area (Å²) in [6, 6.07) is 0.996. The number of halogens is 4. The number of pyridine rings is 1. The lowest BCUT2D eigenvalue weighted by Gasteiger charge is -2.31. The summed E-state index contributed by atoms with van der Waals surface area (Å²) in [6.45, 7) is 4.96. The van der Waals surface area contributed by atoms with Crippen molar-refractivity contribution in [3.05, 3.63) is 16.7 Å². The molecule has 1 aromatic rings. The number of methoxy groups -OCH3 is 1. The van der Waals surface area contributed by atoms with E-state index in [0.717, 1.165) is 0 Å². The number of carbonyl (C=O) groups excluding carboxylic acids is 2. The van der Waals surface area contributed by atoms with Gasteiger partial charge in [0, 0.05) is 18.2 Å². The molecule has 10 heteroatoms. The molecule has 1 saturated heterocycles. The highest BCUT2D eigenvalue weighted by atomic mass is 79.9. The number of nitrogens with zero attached hydrogens (tertiary/aromatic N) is 2. The Labute approximate surface area is 157 Å². The van der Waals surface area contributed by atoms with Crippen molar-refractivity contribution < 1.29 is 27.5 Å². The van der Waals surface area contributed by atoms with Crippen molar-refractivity contribution in [2.24, 2.45) is 5.41 Å². The molecule has 26 heavy (non-hydrogen) atoms. The normalized spacial score (nSPS) is 22.2. The van der Waals surface area contributed by atoms with E-state index < -0.39 is 35.5 Å². The average Bonchev–Trinajstić information content (AvgIpc) is 2.75. The summed E-state index contributed by atoms with van der Waals surface area (Å²) in [4.78, 5) is 29.2. The van der Waals surface area contributed by atoms with E-state index in [1.165, 1.54) is 20.1 Å². The van der Waals surface area contributed by atoms with Gasteiger partial charge in [-0.2, -0.15) is 13.2 Å². The minimum absolute atomic E-state index is 0.104. The van der Waals surface area contributed by atoms with Crippen LogP contribution in [0.1, 0.15) is 27.2 Å². The number of ether oxygens (including phenoxy) is 1. The van der Waals surface area contributed by atoms with Crippen molar-refractivity contribution >= 4 is 33.6 Å². The molecule has 0 aromatic carbocycles. The first-order valence-electron chi connectivity index (χ1n) is 7.78. The largest absolute Gasteiger partial charge is 0.497 e. The van der Waals surface area contributed by atoms with Gasteiger partial charge in [0.1, 0.15) is 22.2 Å².